The van der Waals surface area contributed by atoms with E-state index >= 15 is 0 Å². The van der Waals surface area contributed by atoms with Crippen LogP contribution in [-0.4, -0.2) is 26.3 Å². The highest BCUT2D eigenvalue weighted by molar-refractivity contribution is 7.19. The lowest BCUT2D eigenvalue weighted by Crippen LogP contribution is -2.14. The summed E-state index contributed by atoms with van der Waals surface area (Å²) in [6, 6.07) is 4.87. The third-order valence-electron chi connectivity index (χ3n) is 3.41. The smallest absolute Gasteiger partial charge is 0.305 e. The fourth-order valence-electron chi connectivity index (χ4n) is 2.24. The van der Waals surface area contributed by atoms with Crippen molar-refractivity contribution in [2.75, 3.05) is 20.3 Å². The van der Waals surface area contributed by atoms with Crippen LogP contribution in [0.5, 0.6) is 11.5 Å². The van der Waals surface area contributed by atoms with Gasteiger partial charge in [0.15, 0.2) is 11.5 Å². The molecule has 3 rings (SSSR count). The molecule has 0 radical (unpaired) electrons. The topological polar surface area (TPSA) is 44.8 Å². The molecule has 2 aromatic rings. The molecule has 0 saturated carbocycles. The Bertz CT molecular complexity index is 668. The van der Waals surface area contributed by atoms with E-state index in [1.165, 1.54) is 13.2 Å². The van der Waals surface area contributed by atoms with Gasteiger partial charge in [-0.3, -0.25) is 4.79 Å². The zero-order valence-corrected chi connectivity index (χ0v) is 12.7. The van der Waals surface area contributed by atoms with Crippen LogP contribution < -0.4 is 9.47 Å². The van der Waals surface area contributed by atoms with Gasteiger partial charge in [-0.25, -0.2) is 8.78 Å². The van der Waals surface area contributed by atoms with Crippen LogP contribution in [0, 0.1) is 0 Å². The summed E-state index contributed by atoms with van der Waals surface area (Å²) in [5.41, 5.74) is 0. The maximum absolute atomic E-state index is 14.2. The van der Waals surface area contributed by atoms with Crippen molar-refractivity contribution in [3.63, 3.8) is 0 Å². The van der Waals surface area contributed by atoms with E-state index in [0.29, 0.717) is 34.8 Å². The zero-order valence-electron chi connectivity index (χ0n) is 11.9. The van der Waals surface area contributed by atoms with E-state index in [2.05, 4.69) is 4.74 Å². The minimum atomic E-state index is -3.07. The highest BCUT2D eigenvalue weighted by Gasteiger charge is 2.34. The number of carbonyl (C=O) groups excluding carboxylic acids is 1. The monoisotopic (exact) mass is 328 g/mol. The molecule has 22 heavy (non-hydrogen) atoms. The summed E-state index contributed by atoms with van der Waals surface area (Å²) in [6.07, 6.45) is -0.889. The number of benzene rings is 1. The molecule has 0 unspecified atom stereocenters. The van der Waals surface area contributed by atoms with Crippen molar-refractivity contribution >= 4 is 27.4 Å². The Morgan fingerprint density at radius 1 is 1.27 bits per heavy atom. The maximum Gasteiger partial charge on any atom is 0.305 e. The highest BCUT2D eigenvalue weighted by atomic mass is 32.1. The molecule has 0 aliphatic carbocycles. The lowest BCUT2D eigenvalue weighted by molar-refractivity contribution is -0.142. The van der Waals surface area contributed by atoms with Gasteiger partial charge in [-0.2, -0.15) is 0 Å². The Morgan fingerprint density at radius 3 is 2.64 bits per heavy atom. The summed E-state index contributed by atoms with van der Waals surface area (Å²) in [4.78, 5) is 11.0. The number of ether oxygens (including phenoxy) is 3. The molecule has 0 spiro atoms. The predicted molar refractivity (Wildman–Crippen MR) is 78.0 cm³/mol. The van der Waals surface area contributed by atoms with E-state index in [-0.39, 0.29) is 11.3 Å². The van der Waals surface area contributed by atoms with Gasteiger partial charge >= 0.3 is 5.97 Å². The Balaban J connectivity index is 1.89. The molecule has 1 aromatic carbocycles. The standard InChI is InChI=1S/C15H14F2O4S/c1-19-14(18)2-3-15(16,17)13-7-9-6-10-11(8-12(9)22-13)21-5-4-20-10/h6-8H,2-5H2,1H3. The third kappa shape index (κ3) is 2.85. The van der Waals surface area contributed by atoms with E-state index < -0.39 is 18.3 Å². The van der Waals surface area contributed by atoms with Gasteiger partial charge in [-0.05, 0) is 17.5 Å². The fourth-order valence-corrected chi connectivity index (χ4v) is 3.32. The SMILES string of the molecule is COC(=O)CCC(F)(F)c1cc2cc3c(cc2s1)OCCO3. The minimum absolute atomic E-state index is 0.0752. The Labute approximate surface area is 129 Å². The summed E-state index contributed by atoms with van der Waals surface area (Å²) >= 11 is 0.999. The molecular weight excluding hydrogens is 314 g/mol. The second-order valence-corrected chi connectivity index (χ2v) is 6.01. The van der Waals surface area contributed by atoms with Gasteiger partial charge in [-0.15, -0.1) is 11.3 Å². The van der Waals surface area contributed by atoms with Gasteiger partial charge in [0, 0.05) is 17.2 Å². The second kappa shape index (κ2) is 5.72. The molecule has 2 heterocycles. The van der Waals surface area contributed by atoms with Crippen LogP contribution in [0.4, 0.5) is 8.78 Å². The van der Waals surface area contributed by atoms with E-state index in [1.54, 1.807) is 12.1 Å². The first-order valence-electron chi connectivity index (χ1n) is 6.78. The molecule has 0 saturated heterocycles. The molecule has 0 atom stereocenters. The van der Waals surface area contributed by atoms with E-state index in [9.17, 15) is 13.6 Å². The second-order valence-electron chi connectivity index (χ2n) is 4.92. The first-order valence-corrected chi connectivity index (χ1v) is 7.59. The summed E-state index contributed by atoms with van der Waals surface area (Å²) in [5.74, 6) is -2.57. The van der Waals surface area contributed by atoms with Crippen molar-refractivity contribution < 1.29 is 27.8 Å². The van der Waals surface area contributed by atoms with Crippen LogP contribution in [0.25, 0.3) is 10.1 Å². The average Bonchev–Trinajstić information content (AvgIpc) is 2.94. The number of hydrogen-bond donors (Lipinski definition) is 0. The zero-order chi connectivity index (χ0) is 15.7. The molecule has 1 aliphatic heterocycles. The maximum atomic E-state index is 14.2. The lowest BCUT2D eigenvalue weighted by Gasteiger charge is -2.17. The quantitative estimate of drug-likeness (QED) is 0.803. The van der Waals surface area contributed by atoms with Gasteiger partial charge in [-0.1, -0.05) is 0 Å². The number of halogens is 2. The largest absolute Gasteiger partial charge is 0.486 e. The number of esters is 1. The van der Waals surface area contributed by atoms with Gasteiger partial charge in [0.05, 0.1) is 18.4 Å². The fraction of sp³-hybridized carbons (Fsp3) is 0.400. The summed E-state index contributed by atoms with van der Waals surface area (Å²) in [5, 5.41) is 0.682. The minimum Gasteiger partial charge on any atom is -0.486 e. The number of fused-ring (bicyclic) bond motifs is 2. The molecule has 0 fully saturated rings. The summed E-state index contributed by atoms with van der Waals surface area (Å²) in [6.45, 7) is 0.900. The molecule has 4 nitrogen and oxygen atoms in total. The Morgan fingerprint density at radius 2 is 1.95 bits per heavy atom. The van der Waals surface area contributed by atoms with Crippen molar-refractivity contribution in [2.45, 2.75) is 18.8 Å². The molecule has 0 amide bonds. The van der Waals surface area contributed by atoms with E-state index in [4.69, 9.17) is 9.47 Å². The van der Waals surface area contributed by atoms with Gasteiger partial charge < -0.3 is 14.2 Å². The van der Waals surface area contributed by atoms with Crippen LogP contribution in [-0.2, 0) is 15.5 Å². The molecule has 0 N–H and O–H groups in total. The molecule has 7 heteroatoms. The third-order valence-corrected chi connectivity index (χ3v) is 4.62. The van der Waals surface area contributed by atoms with Crippen LogP contribution in [0.2, 0.25) is 0 Å². The molecule has 1 aliphatic rings. The Hall–Kier alpha value is -1.89. The number of thiophene rings is 1. The van der Waals surface area contributed by atoms with E-state index in [0.717, 1.165) is 11.3 Å². The van der Waals surface area contributed by atoms with Crippen molar-refractivity contribution in [1.29, 1.82) is 0 Å². The first-order chi connectivity index (χ1) is 10.5. The first kappa shape index (κ1) is 15.0. The van der Waals surface area contributed by atoms with Gasteiger partial charge in [0.25, 0.3) is 5.92 Å². The van der Waals surface area contributed by atoms with Crippen LogP contribution in [0.3, 0.4) is 0 Å². The number of methoxy groups -OCH3 is 1. The number of alkyl halides is 2. The van der Waals surface area contributed by atoms with Crippen molar-refractivity contribution in [1.82, 2.24) is 0 Å². The van der Waals surface area contributed by atoms with Crippen molar-refractivity contribution in [3.05, 3.63) is 23.1 Å². The number of carbonyl (C=O) groups is 1. The highest BCUT2D eigenvalue weighted by Crippen LogP contribution is 2.43. The summed E-state index contributed by atoms with van der Waals surface area (Å²) < 4.78 is 44.4. The van der Waals surface area contributed by atoms with Crippen molar-refractivity contribution in [3.8, 4) is 11.5 Å². The number of hydrogen-bond acceptors (Lipinski definition) is 5. The van der Waals surface area contributed by atoms with E-state index in [1.807, 2.05) is 0 Å². The molecule has 1 aromatic heterocycles. The number of rotatable bonds is 4. The van der Waals surface area contributed by atoms with Gasteiger partial charge in [0.2, 0.25) is 0 Å². The predicted octanol–water partition coefficient (Wildman–Crippen LogP) is 3.72. The van der Waals surface area contributed by atoms with Crippen molar-refractivity contribution in [2.24, 2.45) is 0 Å². The van der Waals surface area contributed by atoms with Crippen LogP contribution in [0.1, 0.15) is 17.7 Å². The molecule has 0 bridgehead atoms. The normalized spacial score (nSPS) is 14.1. The molecular formula is C15H14F2O4S. The van der Waals surface area contributed by atoms with Crippen LogP contribution in [0.15, 0.2) is 18.2 Å². The summed E-state index contributed by atoms with van der Waals surface area (Å²) in [7, 11) is 1.18. The van der Waals surface area contributed by atoms with Crippen LogP contribution >= 0.6 is 11.3 Å². The van der Waals surface area contributed by atoms with Gasteiger partial charge in [0.1, 0.15) is 13.2 Å². The Kier molecular flexibility index (Phi) is 3.90. The average molecular weight is 328 g/mol. The lowest BCUT2D eigenvalue weighted by atomic mass is 10.1. The molecule has 118 valence electrons.